The van der Waals surface area contributed by atoms with Crippen molar-refractivity contribution in [3.05, 3.63) is 65.2 Å². The molecule has 1 N–H and O–H groups in total. The van der Waals surface area contributed by atoms with Gasteiger partial charge in [-0.2, -0.15) is 0 Å². The van der Waals surface area contributed by atoms with Crippen molar-refractivity contribution < 1.29 is 14.3 Å². The van der Waals surface area contributed by atoms with Crippen molar-refractivity contribution in [1.29, 1.82) is 0 Å². The van der Waals surface area contributed by atoms with Crippen molar-refractivity contribution in [2.45, 2.75) is 77.4 Å². The Balaban J connectivity index is 1.78. The molecule has 32 heavy (non-hydrogen) atoms. The molecule has 5 nitrogen and oxygen atoms in total. The number of ether oxygens (including phenoxy) is 1. The van der Waals surface area contributed by atoms with Crippen LogP contribution >= 0.6 is 0 Å². The molecule has 1 aliphatic rings. The predicted molar refractivity (Wildman–Crippen MR) is 128 cm³/mol. The van der Waals surface area contributed by atoms with Gasteiger partial charge >= 0.3 is 0 Å². The van der Waals surface area contributed by atoms with Gasteiger partial charge in [0.15, 0.2) is 0 Å². The van der Waals surface area contributed by atoms with Crippen LogP contribution in [-0.4, -0.2) is 35.9 Å². The Hall–Kier alpha value is -2.82. The van der Waals surface area contributed by atoms with E-state index in [1.54, 1.807) is 12.0 Å². The van der Waals surface area contributed by atoms with E-state index in [1.807, 2.05) is 62.4 Å². The molecule has 172 valence electrons. The number of methoxy groups -OCH3 is 1. The van der Waals surface area contributed by atoms with Crippen molar-refractivity contribution in [3.63, 3.8) is 0 Å². The van der Waals surface area contributed by atoms with Crippen LogP contribution in [0.5, 0.6) is 5.75 Å². The smallest absolute Gasteiger partial charge is 0.243 e. The Morgan fingerprint density at radius 3 is 2.22 bits per heavy atom. The van der Waals surface area contributed by atoms with E-state index in [2.05, 4.69) is 5.32 Å². The van der Waals surface area contributed by atoms with Gasteiger partial charge < -0.3 is 15.0 Å². The lowest BCUT2D eigenvalue weighted by molar-refractivity contribution is -0.141. The molecular formula is C27H36N2O3. The van der Waals surface area contributed by atoms with E-state index in [0.717, 1.165) is 42.6 Å². The summed E-state index contributed by atoms with van der Waals surface area (Å²) in [7, 11) is 1.63. The number of benzene rings is 2. The lowest BCUT2D eigenvalue weighted by Crippen LogP contribution is -2.51. The molecule has 0 bridgehead atoms. The van der Waals surface area contributed by atoms with Gasteiger partial charge in [0, 0.05) is 12.6 Å². The third-order valence-electron chi connectivity index (χ3n) is 6.33. The van der Waals surface area contributed by atoms with E-state index >= 15 is 0 Å². The van der Waals surface area contributed by atoms with E-state index in [9.17, 15) is 9.59 Å². The summed E-state index contributed by atoms with van der Waals surface area (Å²) in [5.74, 6) is 0.687. The van der Waals surface area contributed by atoms with E-state index < -0.39 is 6.04 Å². The van der Waals surface area contributed by atoms with Crippen LogP contribution in [0.25, 0.3) is 0 Å². The molecule has 0 saturated heterocycles. The van der Waals surface area contributed by atoms with Crippen LogP contribution in [0.1, 0.15) is 62.1 Å². The fraction of sp³-hybridized carbons (Fsp3) is 0.481. The maximum Gasteiger partial charge on any atom is 0.243 e. The van der Waals surface area contributed by atoms with Crippen molar-refractivity contribution in [2.24, 2.45) is 0 Å². The molecule has 5 heteroatoms. The Bertz CT molecular complexity index is 871. The summed E-state index contributed by atoms with van der Waals surface area (Å²) >= 11 is 0. The van der Waals surface area contributed by atoms with E-state index in [4.69, 9.17) is 4.74 Å². The van der Waals surface area contributed by atoms with Crippen molar-refractivity contribution in [3.8, 4) is 5.75 Å². The summed E-state index contributed by atoms with van der Waals surface area (Å²) in [6.07, 6.45) is 6.45. The summed E-state index contributed by atoms with van der Waals surface area (Å²) in [4.78, 5) is 28.5. The molecule has 2 amide bonds. The van der Waals surface area contributed by atoms with E-state index in [-0.39, 0.29) is 24.3 Å². The van der Waals surface area contributed by atoms with Crippen LogP contribution in [0.3, 0.4) is 0 Å². The minimum absolute atomic E-state index is 0.0328. The third kappa shape index (κ3) is 6.59. The molecular weight excluding hydrogens is 400 g/mol. The number of hydrogen-bond acceptors (Lipinski definition) is 3. The molecule has 2 aromatic carbocycles. The zero-order valence-corrected chi connectivity index (χ0v) is 19.6. The fourth-order valence-electron chi connectivity index (χ4n) is 4.37. The molecule has 0 spiro atoms. The molecule has 2 aromatic rings. The van der Waals surface area contributed by atoms with E-state index in [0.29, 0.717) is 13.0 Å². The number of nitrogens with one attached hydrogen (secondary N) is 1. The lowest BCUT2D eigenvalue weighted by atomic mass is 9.95. The standard InChI is InChI=1S/C27H36N2O3/c1-4-25(27(31)28-23-8-6-5-7-9-23)29(19-22-12-10-20(2)11-13-22)26(30)18-21-14-16-24(32-3)17-15-21/h10-17,23,25H,4-9,18-19H2,1-3H3,(H,28,31). The van der Waals surface area contributed by atoms with Gasteiger partial charge in [0.2, 0.25) is 11.8 Å². The molecule has 1 aliphatic carbocycles. The topological polar surface area (TPSA) is 58.6 Å². The molecule has 0 radical (unpaired) electrons. The van der Waals surface area contributed by atoms with Gasteiger partial charge in [-0.25, -0.2) is 0 Å². The van der Waals surface area contributed by atoms with Gasteiger partial charge in [0.25, 0.3) is 0 Å². The molecule has 0 aliphatic heterocycles. The van der Waals surface area contributed by atoms with Crippen LogP contribution in [-0.2, 0) is 22.6 Å². The summed E-state index contributed by atoms with van der Waals surface area (Å²) in [6, 6.07) is 15.4. The fourth-order valence-corrected chi connectivity index (χ4v) is 4.37. The van der Waals surface area contributed by atoms with Crippen LogP contribution in [0.4, 0.5) is 0 Å². The average Bonchev–Trinajstić information content (AvgIpc) is 2.81. The van der Waals surface area contributed by atoms with Crippen molar-refractivity contribution in [2.75, 3.05) is 7.11 Å². The van der Waals surface area contributed by atoms with Gasteiger partial charge in [0.05, 0.1) is 13.5 Å². The van der Waals surface area contributed by atoms with Crippen molar-refractivity contribution in [1.82, 2.24) is 10.2 Å². The van der Waals surface area contributed by atoms with Gasteiger partial charge in [-0.3, -0.25) is 9.59 Å². The number of rotatable bonds is 9. The minimum atomic E-state index is -0.482. The van der Waals surface area contributed by atoms with Gasteiger partial charge in [-0.15, -0.1) is 0 Å². The molecule has 0 heterocycles. The van der Waals surface area contributed by atoms with Crippen LogP contribution in [0.15, 0.2) is 48.5 Å². The van der Waals surface area contributed by atoms with Gasteiger partial charge in [-0.1, -0.05) is 68.1 Å². The Kier molecular flexibility index (Phi) is 8.72. The second-order valence-electron chi connectivity index (χ2n) is 8.80. The number of aryl methyl sites for hydroxylation is 1. The highest BCUT2D eigenvalue weighted by atomic mass is 16.5. The second-order valence-corrected chi connectivity index (χ2v) is 8.80. The summed E-state index contributed by atoms with van der Waals surface area (Å²) in [5, 5.41) is 3.23. The Morgan fingerprint density at radius 1 is 1.00 bits per heavy atom. The highest BCUT2D eigenvalue weighted by Crippen LogP contribution is 2.20. The molecule has 1 atom stereocenters. The Morgan fingerprint density at radius 2 is 1.62 bits per heavy atom. The third-order valence-corrected chi connectivity index (χ3v) is 6.33. The first-order valence-corrected chi connectivity index (χ1v) is 11.8. The maximum absolute atomic E-state index is 13.5. The highest BCUT2D eigenvalue weighted by Gasteiger charge is 2.30. The average molecular weight is 437 g/mol. The van der Waals surface area contributed by atoms with Gasteiger partial charge in [0.1, 0.15) is 11.8 Å². The van der Waals surface area contributed by atoms with Gasteiger partial charge in [-0.05, 0) is 49.4 Å². The number of nitrogens with zero attached hydrogens (tertiary/aromatic N) is 1. The molecule has 1 unspecified atom stereocenters. The molecule has 1 fully saturated rings. The molecule has 3 rings (SSSR count). The van der Waals surface area contributed by atoms with Crippen LogP contribution in [0, 0.1) is 6.92 Å². The quantitative estimate of drug-likeness (QED) is 0.614. The first-order chi connectivity index (χ1) is 15.5. The Labute approximate surface area is 192 Å². The maximum atomic E-state index is 13.5. The normalized spacial score (nSPS) is 15.1. The number of carbonyl (C=O) groups excluding carboxylic acids is 2. The zero-order chi connectivity index (χ0) is 22.9. The zero-order valence-electron chi connectivity index (χ0n) is 19.6. The van der Waals surface area contributed by atoms with Crippen LogP contribution in [0.2, 0.25) is 0 Å². The minimum Gasteiger partial charge on any atom is -0.497 e. The first kappa shape index (κ1) is 23.8. The summed E-state index contributed by atoms with van der Waals surface area (Å²) in [5.41, 5.74) is 3.11. The number of hydrogen-bond donors (Lipinski definition) is 1. The predicted octanol–water partition coefficient (Wildman–Crippen LogP) is 4.80. The SMILES string of the molecule is CCC(C(=O)NC1CCCCC1)N(Cc1ccc(C)cc1)C(=O)Cc1ccc(OC)cc1. The molecule has 1 saturated carbocycles. The van der Waals surface area contributed by atoms with Crippen molar-refractivity contribution >= 4 is 11.8 Å². The number of amides is 2. The number of carbonyl (C=O) groups is 2. The highest BCUT2D eigenvalue weighted by molar-refractivity contribution is 5.88. The first-order valence-electron chi connectivity index (χ1n) is 11.8. The monoisotopic (exact) mass is 436 g/mol. The largest absolute Gasteiger partial charge is 0.497 e. The second kappa shape index (κ2) is 11.7. The van der Waals surface area contributed by atoms with E-state index in [1.165, 1.54) is 12.0 Å². The molecule has 0 aromatic heterocycles. The summed E-state index contributed by atoms with van der Waals surface area (Å²) < 4.78 is 5.22. The lowest BCUT2D eigenvalue weighted by Gasteiger charge is -2.33. The summed E-state index contributed by atoms with van der Waals surface area (Å²) in [6.45, 7) is 4.45. The van der Waals surface area contributed by atoms with Crippen LogP contribution < -0.4 is 10.1 Å².